The molecule has 1 saturated heterocycles. The third-order valence-electron chi connectivity index (χ3n) is 4.20. The lowest BCUT2D eigenvalue weighted by molar-refractivity contribution is 0.242. The maximum atomic E-state index is 3.66. The van der Waals surface area contributed by atoms with Gasteiger partial charge in [-0.2, -0.15) is 0 Å². The van der Waals surface area contributed by atoms with Crippen LogP contribution in [-0.4, -0.2) is 24.5 Å². The number of nitrogens with one attached hydrogen (secondary N) is 1. The molecule has 1 fully saturated rings. The monoisotopic (exact) mass is 300 g/mol. The van der Waals surface area contributed by atoms with Gasteiger partial charge in [0.1, 0.15) is 0 Å². The first-order valence-corrected chi connectivity index (χ1v) is 8.74. The first-order chi connectivity index (χ1) is 10.3. The van der Waals surface area contributed by atoms with Gasteiger partial charge >= 0.3 is 0 Å². The summed E-state index contributed by atoms with van der Waals surface area (Å²) in [7, 11) is 0. The average molecular weight is 300 g/mol. The Morgan fingerprint density at radius 3 is 2.76 bits per heavy atom. The summed E-state index contributed by atoms with van der Waals surface area (Å²) in [4.78, 5) is 4.13. The van der Waals surface area contributed by atoms with Crippen LogP contribution in [0.1, 0.15) is 34.9 Å². The second kappa shape index (κ2) is 7.21. The lowest BCUT2D eigenvalue weighted by Crippen LogP contribution is -2.33. The molecule has 0 bridgehead atoms. The van der Waals surface area contributed by atoms with Crippen LogP contribution < -0.4 is 5.32 Å². The normalized spacial score (nSPS) is 17.2. The van der Waals surface area contributed by atoms with Crippen molar-refractivity contribution in [1.29, 1.82) is 0 Å². The standard InChI is InChI=1S/C18H24N2S/c1-15-6-4-7-16(12-15)13-19-14-17(18-8-5-11-21-18)20-9-2-3-10-20/h4-8,11-12,17,19H,2-3,9-10,13-14H2,1H3. The van der Waals surface area contributed by atoms with Crippen molar-refractivity contribution in [2.75, 3.05) is 19.6 Å². The van der Waals surface area contributed by atoms with Crippen molar-refractivity contribution in [3.63, 3.8) is 0 Å². The smallest absolute Gasteiger partial charge is 0.0566 e. The second-order valence-corrected chi connectivity index (χ2v) is 6.87. The second-order valence-electron chi connectivity index (χ2n) is 5.89. The molecule has 1 aliphatic heterocycles. The molecule has 2 heterocycles. The Morgan fingerprint density at radius 1 is 1.19 bits per heavy atom. The minimum Gasteiger partial charge on any atom is -0.311 e. The zero-order valence-corrected chi connectivity index (χ0v) is 13.5. The third kappa shape index (κ3) is 3.94. The summed E-state index contributed by atoms with van der Waals surface area (Å²) in [6.45, 7) is 6.64. The Morgan fingerprint density at radius 2 is 2.05 bits per heavy atom. The maximum absolute atomic E-state index is 3.66. The summed E-state index contributed by atoms with van der Waals surface area (Å²) < 4.78 is 0. The van der Waals surface area contributed by atoms with Crippen LogP contribution in [0.4, 0.5) is 0 Å². The minimum atomic E-state index is 0.539. The lowest BCUT2D eigenvalue weighted by atomic mass is 10.1. The molecule has 112 valence electrons. The predicted molar refractivity (Wildman–Crippen MR) is 90.8 cm³/mol. The van der Waals surface area contributed by atoms with Gasteiger partial charge in [-0.25, -0.2) is 0 Å². The number of rotatable bonds is 6. The van der Waals surface area contributed by atoms with Gasteiger partial charge in [0, 0.05) is 18.0 Å². The van der Waals surface area contributed by atoms with E-state index in [1.165, 1.54) is 41.9 Å². The van der Waals surface area contributed by atoms with E-state index >= 15 is 0 Å². The molecule has 21 heavy (non-hydrogen) atoms. The fraction of sp³-hybridized carbons (Fsp3) is 0.444. The van der Waals surface area contributed by atoms with Gasteiger partial charge in [-0.05, 0) is 49.9 Å². The van der Waals surface area contributed by atoms with Gasteiger partial charge in [0.25, 0.3) is 0 Å². The molecule has 2 nitrogen and oxygen atoms in total. The zero-order valence-electron chi connectivity index (χ0n) is 12.7. The van der Waals surface area contributed by atoms with E-state index in [-0.39, 0.29) is 0 Å². The molecule has 2 aromatic rings. The molecule has 0 saturated carbocycles. The Labute approximate surface area is 131 Å². The van der Waals surface area contributed by atoms with Gasteiger partial charge in [-0.15, -0.1) is 11.3 Å². The summed E-state index contributed by atoms with van der Waals surface area (Å²) in [6.07, 6.45) is 2.69. The van der Waals surface area contributed by atoms with Crippen LogP contribution in [0.15, 0.2) is 41.8 Å². The number of hydrogen-bond donors (Lipinski definition) is 1. The molecule has 1 aromatic heterocycles. The molecule has 1 N–H and O–H groups in total. The number of hydrogen-bond acceptors (Lipinski definition) is 3. The maximum Gasteiger partial charge on any atom is 0.0566 e. The van der Waals surface area contributed by atoms with Crippen molar-refractivity contribution in [2.45, 2.75) is 32.4 Å². The quantitative estimate of drug-likeness (QED) is 0.868. The highest BCUT2D eigenvalue weighted by Gasteiger charge is 2.23. The van der Waals surface area contributed by atoms with Crippen LogP contribution in [0.25, 0.3) is 0 Å². The van der Waals surface area contributed by atoms with E-state index in [1.54, 1.807) is 0 Å². The Hall–Kier alpha value is -1.16. The van der Waals surface area contributed by atoms with E-state index in [2.05, 4.69) is 58.9 Å². The number of benzene rings is 1. The molecule has 0 aliphatic carbocycles. The van der Waals surface area contributed by atoms with Crippen molar-refractivity contribution >= 4 is 11.3 Å². The van der Waals surface area contributed by atoms with E-state index in [9.17, 15) is 0 Å². The van der Waals surface area contributed by atoms with Crippen molar-refractivity contribution in [2.24, 2.45) is 0 Å². The number of nitrogens with zero attached hydrogens (tertiary/aromatic N) is 1. The molecular weight excluding hydrogens is 276 g/mol. The fourth-order valence-electron chi connectivity index (χ4n) is 3.12. The van der Waals surface area contributed by atoms with E-state index in [0.29, 0.717) is 6.04 Å². The number of aryl methyl sites for hydroxylation is 1. The van der Waals surface area contributed by atoms with E-state index < -0.39 is 0 Å². The first kappa shape index (κ1) is 14.8. The van der Waals surface area contributed by atoms with Gasteiger partial charge in [0.15, 0.2) is 0 Å². The summed E-state index contributed by atoms with van der Waals surface area (Å²) in [5.74, 6) is 0. The lowest BCUT2D eigenvalue weighted by Gasteiger charge is -2.27. The van der Waals surface area contributed by atoms with Crippen molar-refractivity contribution in [3.05, 3.63) is 57.8 Å². The Balaban J connectivity index is 1.60. The van der Waals surface area contributed by atoms with Crippen molar-refractivity contribution in [1.82, 2.24) is 10.2 Å². The molecular formula is C18H24N2S. The average Bonchev–Trinajstić information content (AvgIpc) is 3.17. The van der Waals surface area contributed by atoms with Gasteiger partial charge in [-0.1, -0.05) is 35.9 Å². The minimum absolute atomic E-state index is 0.539. The van der Waals surface area contributed by atoms with Crippen LogP contribution in [0.3, 0.4) is 0 Å². The molecule has 1 unspecified atom stereocenters. The predicted octanol–water partition coefficient (Wildman–Crippen LogP) is 3.98. The van der Waals surface area contributed by atoms with Gasteiger partial charge < -0.3 is 5.32 Å². The zero-order chi connectivity index (χ0) is 14.5. The van der Waals surface area contributed by atoms with Gasteiger partial charge in [-0.3, -0.25) is 4.90 Å². The van der Waals surface area contributed by atoms with Crippen molar-refractivity contribution < 1.29 is 0 Å². The van der Waals surface area contributed by atoms with Crippen LogP contribution in [-0.2, 0) is 6.54 Å². The topological polar surface area (TPSA) is 15.3 Å². The summed E-state index contributed by atoms with van der Waals surface area (Å²) >= 11 is 1.88. The molecule has 1 aliphatic rings. The Kier molecular flexibility index (Phi) is 5.07. The van der Waals surface area contributed by atoms with Crippen molar-refractivity contribution in [3.8, 4) is 0 Å². The Bertz CT molecular complexity index is 544. The number of likely N-dealkylation sites (tertiary alicyclic amines) is 1. The van der Waals surface area contributed by atoms with Crippen LogP contribution in [0.2, 0.25) is 0 Å². The first-order valence-electron chi connectivity index (χ1n) is 7.86. The highest BCUT2D eigenvalue weighted by atomic mass is 32.1. The largest absolute Gasteiger partial charge is 0.311 e. The summed E-state index contributed by atoms with van der Waals surface area (Å²) in [5, 5.41) is 5.85. The number of thiophene rings is 1. The third-order valence-corrected chi connectivity index (χ3v) is 5.18. The molecule has 1 atom stereocenters. The molecule has 3 rings (SSSR count). The van der Waals surface area contributed by atoms with Gasteiger partial charge in [0.05, 0.1) is 6.04 Å². The van der Waals surface area contributed by atoms with E-state index in [4.69, 9.17) is 0 Å². The van der Waals surface area contributed by atoms with Crippen LogP contribution in [0, 0.1) is 6.92 Å². The fourth-order valence-corrected chi connectivity index (χ4v) is 3.98. The van der Waals surface area contributed by atoms with Crippen LogP contribution in [0.5, 0.6) is 0 Å². The molecule has 3 heteroatoms. The molecule has 0 spiro atoms. The summed E-state index contributed by atoms with van der Waals surface area (Å²) in [5.41, 5.74) is 2.71. The molecule has 1 aromatic carbocycles. The molecule has 0 radical (unpaired) electrons. The van der Waals surface area contributed by atoms with E-state index in [0.717, 1.165) is 13.1 Å². The summed E-state index contributed by atoms with van der Waals surface area (Å²) in [6, 6.07) is 13.8. The SMILES string of the molecule is Cc1cccc(CNCC(c2cccs2)N2CCCC2)c1. The van der Waals surface area contributed by atoms with E-state index in [1.807, 2.05) is 11.3 Å². The van der Waals surface area contributed by atoms with Gasteiger partial charge in [0.2, 0.25) is 0 Å². The highest BCUT2D eigenvalue weighted by Crippen LogP contribution is 2.27. The highest BCUT2D eigenvalue weighted by molar-refractivity contribution is 7.10. The molecule has 0 amide bonds. The van der Waals surface area contributed by atoms with Crippen LogP contribution >= 0.6 is 11.3 Å².